The Kier molecular flexibility index (Phi) is 5.79. The van der Waals surface area contributed by atoms with Gasteiger partial charge in [0.15, 0.2) is 5.78 Å². The van der Waals surface area contributed by atoms with Crippen LogP contribution in [0.3, 0.4) is 0 Å². The smallest absolute Gasteiger partial charge is 0.303 e. The van der Waals surface area contributed by atoms with Crippen LogP contribution >= 0.6 is 23.2 Å². The van der Waals surface area contributed by atoms with Crippen LogP contribution in [0, 0.1) is 0 Å². The van der Waals surface area contributed by atoms with Gasteiger partial charge in [0, 0.05) is 11.4 Å². The molecule has 0 aromatic heterocycles. The van der Waals surface area contributed by atoms with Gasteiger partial charge in [-0.2, -0.15) is 0 Å². The summed E-state index contributed by atoms with van der Waals surface area (Å²) in [5.41, 5.74) is 0.206. The largest absolute Gasteiger partial charge is 0.481 e. The van der Waals surface area contributed by atoms with Gasteiger partial charge in [0.25, 0.3) is 5.91 Å². The normalized spacial score (nSPS) is 10.0. The van der Waals surface area contributed by atoms with E-state index in [1.54, 1.807) is 0 Å². The number of ketones is 1. The predicted octanol–water partition coefficient (Wildman–Crippen LogP) is 2.16. The second-order valence-electron chi connectivity index (χ2n) is 3.74. The van der Waals surface area contributed by atoms with Gasteiger partial charge in [0.2, 0.25) is 0 Å². The quantitative estimate of drug-likeness (QED) is 0.843. The van der Waals surface area contributed by atoms with Crippen LogP contribution in [0.4, 0.5) is 0 Å². The first-order valence-electron chi connectivity index (χ1n) is 5.37. The van der Waals surface area contributed by atoms with E-state index in [0.29, 0.717) is 5.02 Å². The summed E-state index contributed by atoms with van der Waals surface area (Å²) in [6, 6.07) is 4.38. The molecule has 102 valence electrons. The molecule has 0 radical (unpaired) electrons. The van der Waals surface area contributed by atoms with E-state index in [4.69, 9.17) is 28.3 Å². The summed E-state index contributed by atoms with van der Waals surface area (Å²) in [6.45, 7) is -0.231. The third kappa shape index (κ3) is 5.28. The van der Waals surface area contributed by atoms with Gasteiger partial charge in [-0.1, -0.05) is 23.2 Å². The number of carboxylic acid groups (broad SMARTS) is 1. The molecule has 0 aliphatic heterocycles. The van der Waals surface area contributed by atoms with E-state index >= 15 is 0 Å². The number of halogens is 2. The third-order valence-electron chi connectivity index (χ3n) is 2.24. The predicted molar refractivity (Wildman–Crippen MR) is 70.7 cm³/mol. The Morgan fingerprint density at radius 3 is 2.42 bits per heavy atom. The second kappa shape index (κ2) is 7.11. The molecule has 0 bridgehead atoms. The number of aliphatic carboxylic acids is 1. The van der Waals surface area contributed by atoms with Crippen molar-refractivity contribution in [3.63, 3.8) is 0 Å². The number of hydrogen-bond acceptors (Lipinski definition) is 3. The number of benzene rings is 1. The fourth-order valence-corrected chi connectivity index (χ4v) is 1.78. The highest BCUT2D eigenvalue weighted by molar-refractivity contribution is 6.36. The van der Waals surface area contributed by atoms with Crippen molar-refractivity contribution in [3.8, 4) is 0 Å². The molecule has 5 nitrogen and oxygen atoms in total. The molecule has 7 heteroatoms. The van der Waals surface area contributed by atoms with Crippen molar-refractivity contribution in [1.29, 1.82) is 0 Å². The molecule has 0 heterocycles. The molecule has 0 unspecified atom stereocenters. The topological polar surface area (TPSA) is 83.5 Å². The standard InChI is InChI=1S/C12H11Cl2NO4/c13-7-1-3-9(10(14)5-7)12(19)15-6-8(16)2-4-11(17)18/h1,3,5H,2,4,6H2,(H,15,19)(H,17,18). The number of hydrogen-bond donors (Lipinski definition) is 2. The zero-order chi connectivity index (χ0) is 14.4. The molecular formula is C12H11Cl2NO4. The molecule has 1 amide bonds. The summed E-state index contributed by atoms with van der Waals surface area (Å²) in [5, 5.41) is 11.4. The zero-order valence-electron chi connectivity index (χ0n) is 9.78. The number of carbonyl (C=O) groups is 3. The van der Waals surface area contributed by atoms with Crippen LogP contribution in [-0.2, 0) is 9.59 Å². The zero-order valence-corrected chi connectivity index (χ0v) is 11.3. The van der Waals surface area contributed by atoms with E-state index in [-0.39, 0.29) is 35.8 Å². The lowest BCUT2D eigenvalue weighted by atomic mass is 10.2. The summed E-state index contributed by atoms with van der Waals surface area (Å²) in [5.74, 6) is -1.92. The molecule has 1 rings (SSSR count). The Morgan fingerprint density at radius 1 is 1.16 bits per heavy atom. The molecule has 2 N–H and O–H groups in total. The Bertz CT molecular complexity index is 516. The van der Waals surface area contributed by atoms with E-state index in [1.165, 1.54) is 18.2 Å². The highest BCUT2D eigenvalue weighted by Gasteiger charge is 2.12. The van der Waals surface area contributed by atoms with Gasteiger partial charge in [0.1, 0.15) is 0 Å². The average Bonchev–Trinajstić information content (AvgIpc) is 2.33. The molecule has 1 aromatic carbocycles. The number of amides is 1. The molecule has 0 atom stereocenters. The molecule has 0 aliphatic rings. The number of nitrogens with one attached hydrogen (secondary N) is 1. The van der Waals surface area contributed by atoms with Crippen molar-refractivity contribution in [2.75, 3.05) is 6.54 Å². The molecule has 0 spiro atoms. The molecule has 1 aromatic rings. The molecule has 0 fully saturated rings. The van der Waals surface area contributed by atoms with E-state index < -0.39 is 11.9 Å². The van der Waals surface area contributed by atoms with Gasteiger partial charge < -0.3 is 10.4 Å². The summed E-state index contributed by atoms with van der Waals surface area (Å²) >= 11 is 11.5. The van der Waals surface area contributed by atoms with E-state index in [1.807, 2.05) is 0 Å². The first-order valence-corrected chi connectivity index (χ1v) is 6.12. The maximum atomic E-state index is 11.7. The van der Waals surface area contributed by atoms with Crippen LogP contribution in [-0.4, -0.2) is 29.3 Å². The molecule has 0 aliphatic carbocycles. The van der Waals surface area contributed by atoms with Gasteiger partial charge >= 0.3 is 5.97 Å². The first-order chi connectivity index (χ1) is 8.90. The Balaban J connectivity index is 2.51. The Morgan fingerprint density at radius 2 is 1.84 bits per heavy atom. The van der Waals surface area contributed by atoms with E-state index in [9.17, 15) is 14.4 Å². The minimum absolute atomic E-state index is 0.121. The van der Waals surface area contributed by atoms with Crippen molar-refractivity contribution < 1.29 is 19.5 Å². The van der Waals surface area contributed by atoms with Crippen LogP contribution in [0.1, 0.15) is 23.2 Å². The molecular weight excluding hydrogens is 293 g/mol. The van der Waals surface area contributed by atoms with Crippen molar-refractivity contribution in [3.05, 3.63) is 33.8 Å². The Labute approximate surface area is 119 Å². The van der Waals surface area contributed by atoms with E-state index in [0.717, 1.165) is 0 Å². The minimum Gasteiger partial charge on any atom is -0.481 e. The van der Waals surface area contributed by atoms with Crippen molar-refractivity contribution in [2.24, 2.45) is 0 Å². The lowest BCUT2D eigenvalue weighted by Gasteiger charge is -2.06. The van der Waals surface area contributed by atoms with Crippen LogP contribution < -0.4 is 5.32 Å². The maximum absolute atomic E-state index is 11.7. The van der Waals surface area contributed by atoms with Gasteiger partial charge in [-0.15, -0.1) is 0 Å². The minimum atomic E-state index is -1.06. The van der Waals surface area contributed by atoms with Crippen molar-refractivity contribution in [1.82, 2.24) is 5.32 Å². The molecule has 19 heavy (non-hydrogen) atoms. The molecule has 0 saturated heterocycles. The van der Waals surface area contributed by atoms with Crippen LogP contribution in [0.15, 0.2) is 18.2 Å². The van der Waals surface area contributed by atoms with Gasteiger partial charge in [-0.3, -0.25) is 14.4 Å². The van der Waals surface area contributed by atoms with Crippen molar-refractivity contribution in [2.45, 2.75) is 12.8 Å². The third-order valence-corrected chi connectivity index (χ3v) is 2.79. The fraction of sp³-hybridized carbons (Fsp3) is 0.250. The van der Waals surface area contributed by atoms with Crippen molar-refractivity contribution >= 4 is 40.9 Å². The van der Waals surface area contributed by atoms with E-state index in [2.05, 4.69) is 5.32 Å². The highest BCUT2D eigenvalue weighted by Crippen LogP contribution is 2.20. The summed E-state index contributed by atoms with van der Waals surface area (Å²) in [7, 11) is 0. The first kappa shape index (κ1) is 15.5. The summed E-state index contributed by atoms with van der Waals surface area (Å²) in [4.78, 5) is 33.3. The monoisotopic (exact) mass is 303 g/mol. The van der Waals surface area contributed by atoms with Gasteiger partial charge in [-0.05, 0) is 18.2 Å². The van der Waals surface area contributed by atoms with Crippen LogP contribution in [0.2, 0.25) is 10.0 Å². The molecule has 0 saturated carbocycles. The Hall–Kier alpha value is -1.59. The number of carboxylic acids is 1. The number of carbonyl (C=O) groups excluding carboxylic acids is 2. The summed E-state index contributed by atoms with van der Waals surface area (Å²) in [6.07, 6.45) is -0.375. The average molecular weight is 304 g/mol. The van der Waals surface area contributed by atoms with Gasteiger partial charge in [0.05, 0.1) is 23.6 Å². The second-order valence-corrected chi connectivity index (χ2v) is 4.58. The number of Topliss-reactive ketones (excluding diaryl/α,β-unsaturated/α-hetero) is 1. The lowest BCUT2D eigenvalue weighted by molar-refractivity contribution is -0.138. The fourth-order valence-electron chi connectivity index (χ4n) is 1.28. The summed E-state index contributed by atoms with van der Waals surface area (Å²) < 4.78 is 0. The van der Waals surface area contributed by atoms with Crippen LogP contribution in [0.25, 0.3) is 0 Å². The van der Waals surface area contributed by atoms with Gasteiger partial charge in [-0.25, -0.2) is 0 Å². The van der Waals surface area contributed by atoms with Crippen LogP contribution in [0.5, 0.6) is 0 Å². The number of rotatable bonds is 6. The lowest BCUT2D eigenvalue weighted by Crippen LogP contribution is -2.29. The maximum Gasteiger partial charge on any atom is 0.303 e. The highest BCUT2D eigenvalue weighted by atomic mass is 35.5. The SMILES string of the molecule is O=C(O)CCC(=O)CNC(=O)c1ccc(Cl)cc1Cl.